The lowest BCUT2D eigenvalue weighted by molar-refractivity contribution is -0.0453. The number of alkyl halides is 1. The summed E-state index contributed by atoms with van der Waals surface area (Å²) in [6.45, 7) is 2.77. The number of aromatic nitrogens is 2. The molecule has 0 amide bonds. The molecule has 3 aromatic carbocycles. The Bertz CT molecular complexity index is 1500. The van der Waals surface area contributed by atoms with Crippen molar-refractivity contribution in [3.63, 3.8) is 0 Å². The summed E-state index contributed by atoms with van der Waals surface area (Å²) >= 11 is 0. The molecule has 2 heterocycles. The Labute approximate surface area is 219 Å². The Kier molecular flexibility index (Phi) is 7.00. The van der Waals surface area contributed by atoms with Gasteiger partial charge in [-0.25, -0.2) is 8.78 Å². The lowest BCUT2D eigenvalue weighted by atomic mass is 9.75. The van der Waals surface area contributed by atoms with E-state index in [1.807, 2.05) is 37.3 Å². The summed E-state index contributed by atoms with van der Waals surface area (Å²) in [5.74, 6) is -0.782. The van der Waals surface area contributed by atoms with E-state index in [-0.39, 0.29) is 36.3 Å². The largest absolute Gasteiger partial charge is 0.423 e. The average Bonchev–Trinajstić information content (AvgIpc) is 3.45. The number of rotatable bonds is 8. The molecule has 1 saturated heterocycles. The molecule has 190 valence electrons. The van der Waals surface area contributed by atoms with Crippen LogP contribution in [-0.4, -0.2) is 33.9 Å². The molecule has 0 bridgehead atoms. The molecular formula is C30H25F2N5O. The van der Waals surface area contributed by atoms with Gasteiger partial charge < -0.3 is 4.42 Å². The first-order valence-corrected chi connectivity index (χ1v) is 12.4. The molecule has 6 nitrogen and oxygen atoms in total. The Morgan fingerprint density at radius 2 is 1.76 bits per heavy atom. The van der Waals surface area contributed by atoms with Gasteiger partial charge in [0.25, 0.3) is 5.89 Å². The Morgan fingerprint density at radius 1 is 1.03 bits per heavy atom. The number of hydrogen-bond donors (Lipinski definition) is 0. The van der Waals surface area contributed by atoms with Crippen molar-refractivity contribution in [3.8, 4) is 23.6 Å². The van der Waals surface area contributed by atoms with Crippen LogP contribution < -0.4 is 0 Å². The second-order valence-electron chi connectivity index (χ2n) is 9.61. The third-order valence-corrected chi connectivity index (χ3v) is 7.44. The molecule has 0 aliphatic carbocycles. The molecule has 2 atom stereocenters. The van der Waals surface area contributed by atoms with Crippen molar-refractivity contribution in [3.05, 3.63) is 107 Å². The van der Waals surface area contributed by atoms with Gasteiger partial charge in [-0.3, -0.25) is 4.90 Å². The van der Waals surface area contributed by atoms with E-state index in [1.165, 1.54) is 6.07 Å². The standard InChI is InChI=1S/C30H25F2N5O/c1-2-30(32,14-24-7-4-8-26(31)27(24)29-36-35-19-38-29)25-17-37(18-25)28(22-11-9-20(15-33)10-12-22)23-6-3-5-21(13-23)16-34/h3-13,19,25,28H,2,14,17-18H2,1H3/t28-,30-/m0/s1. The summed E-state index contributed by atoms with van der Waals surface area (Å²) in [6.07, 6.45) is 1.40. The molecule has 1 fully saturated rings. The van der Waals surface area contributed by atoms with E-state index in [4.69, 9.17) is 4.42 Å². The molecule has 1 aliphatic heterocycles. The van der Waals surface area contributed by atoms with E-state index in [9.17, 15) is 14.9 Å². The average molecular weight is 510 g/mol. The highest BCUT2D eigenvalue weighted by Crippen LogP contribution is 2.43. The number of halogens is 2. The van der Waals surface area contributed by atoms with Crippen LogP contribution in [0.3, 0.4) is 0 Å². The fourth-order valence-corrected chi connectivity index (χ4v) is 5.30. The smallest absolute Gasteiger partial charge is 0.250 e. The van der Waals surface area contributed by atoms with Gasteiger partial charge in [0, 0.05) is 25.4 Å². The van der Waals surface area contributed by atoms with Gasteiger partial charge in [-0.05, 0) is 53.4 Å². The number of likely N-dealkylation sites (tertiary alicyclic amines) is 1. The van der Waals surface area contributed by atoms with Crippen molar-refractivity contribution in [1.82, 2.24) is 15.1 Å². The monoisotopic (exact) mass is 509 g/mol. The van der Waals surface area contributed by atoms with Gasteiger partial charge in [-0.15, -0.1) is 10.2 Å². The third-order valence-electron chi connectivity index (χ3n) is 7.44. The summed E-state index contributed by atoms with van der Waals surface area (Å²) in [5.41, 5.74) is 2.04. The van der Waals surface area contributed by atoms with Gasteiger partial charge in [-0.1, -0.05) is 43.3 Å². The predicted molar refractivity (Wildman–Crippen MR) is 137 cm³/mol. The van der Waals surface area contributed by atoms with Gasteiger partial charge in [0.05, 0.1) is 34.9 Å². The fourth-order valence-electron chi connectivity index (χ4n) is 5.30. The fraction of sp³-hybridized carbons (Fsp3) is 0.267. The van der Waals surface area contributed by atoms with Gasteiger partial charge in [0.2, 0.25) is 6.39 Å². The summed E-state index contributed by atoms with van der Waals surface area (Å²) in [7, 11) is 0. The molecule has 0 radical (unpaired) electrons. The maximum atomic E-state index is 16.6. The van der Waals surface area contributed by atoms with Crippen molar-refractivity contribution in [1.29, 1.82) is 10.5 Å². The maximum absolute atomic E-state index is 16.6. The molecule has 0 saturated carbocycles. The molecule has 4 aromatic rings. The lowest BCUT2D eigenvalue weighted by Gasteiger charge is -2.50. The molecule has 0 unspecified atom stereocenters. The Morgan fingerprint density at radius 3 is 2.42 bits per heavy atom. The van der Waals surface area contributed by atoms with Crippen LogP contribution in [0.5, 0.6) is 0 Å². The summed E-state index contributed by atoms with van der Waals surface area (Å²) < 4.78 is 36.6. The van der Waals surface area contributed by atoms with E-state index in [2.05, 4.69) is 27.2 Å². The van der Waals surface area contributed by atoms with Crippen molar-refractivity contribution in [2.45, 2.75) is 31.5 Å². The zero-order chi connectivity index (χ0) is 26.7. The van der Waals surface area contributed by atoms with Crippen LogP contribution in [0, 0.1) is 34.4 Å². The van der Waals surface area contributed by atoms with Gasteiger partial charge >= 0.3 is 0 Å². The van der Waals surface area contributed by atoms with Crippen LogP contribution in [0.15, 0.2) is 77.5 Å². The summed E-state index contributed by atoms with van der Waals surface area (Å²) in [5, 5.41) is 26.1. The highest BCUT2D eigenvalue weighted by Gasteiger charge is 2.47. The number of nitrogens with zero attached hydrogens (tertiary/aromatic N) is 5. The van der Waals surface area contributed by atoms with E-state index in [0.717, 1.165) is 17.5 Å². The highest BCUT2D eigenvalue weighted by atomic mass is 19.1. The SMILES string of the molecule is CC[C@](F)(Cc1cccc(F)c1-c1nnco1)C1CN([C@@H](c2ccc(C#N)cc2)c2cccc(C#N)c2)C1. The van der Waals surface area contributed by atoms with Crippen LogP contribution >= 0.6 is 0 Å². The second kappa shape index (κ2) is 10.5. The van der Waals surface area contributed by atoms with Crippen LogP contribution in [0.2, 0.25) is 0 Å². The summed E-state index contributed by atoms with van der Waals surface area (Å²) in [6, 6.07) is 23.4. The van der Waals surface area contributed by atoms with Gasteiger partial charge in [0.15, 0.2) is 0 Å². The lowest BCUT2D eigenvalue weighted by Crippen LogP contribution is -2.57. The van der Waals surface area contributed by atoms with E-state index < -0.39 is 11.5 Å². The first-order valence-electron chi connectivity index (χ1n) is 12.4. The predicted octanol–water partition coefficient (Wildman–Crippen LogP) is 6.00. The highest BCUT2D eigenvalue weighted by molar-refractivity contribution is 5.59. The van der Waals surface area contributed by atoms with Crippen molar-refractivity contribution < 1.29 is 13.2 Å². The molecule has 1 aliphatic rings. The quantitative estimate of drug-likeness (QED) is 0.289. The first kappa shape index (κ1) is 25.3. The minimum atomic E-state index is -1.58. The van der Waals surface area contributed by atoms with Gasteiger partial charge in [0.1, 0.15) is 11.5 Å². The second-order valence-corrected chi connectivity index (χ2v) is 9.61. The first-order chi connectivity index (χ1) is 18.5. The molecule has 1 aromatic heterocycles. The van der Waals surface area contributed by atoms with Crippen LogP contribution in [-0.2, 0) is 6.42 Å². The van der Waals surface area contributed by atoms with Crippen LogP contribution in [0.1, 0.15) is 47.2 Å². The molecule has 5 rings (SSSR count). The van der Waals surface area contributed by atoms with Crippen molar-refractivity contribution in [2.24, 2.45) is 5.92 Å². The molecule has 8 heteroatoms. The zero-order valence-corrected chi connectivity index (χ0v) is 20.8. The topological polar surface area (TPSA) is 89.7 Å². The Hall–Kier alpha value is -4.40. The number of hydrogen-bond acceptors (Lipinski definition) is 6. The maximum Gasteiger partial charge on any atom is 0.250 e. The molecule has 0 spiro atoms. The zero-order valence-electron chi connectivity index (χ0n) is 20.8. The normalized spacial score (nSPS) is 16.1. The molecular weight excluding hydrogens is 484 g/mol. The van der Waals surface area contributed by atoms with Gasteiger partial charge in [-0.2, -0.15) is 10.5 Å². The summed E-state index contributed by atoms with van der Waals surface area (Å²) in [4.78, 5) is 2.18. The van der Waals surface area contributed by atoms with Crippen LogP contribution in [0.4, 0.5) is 8.78 Å². The molecule has 0 N–H and O–H groups in total. The minimum absolute atomic E-state index is 0.0168. The van der Waals surface area contributed by atoms with E-state index in [1.54, 1.807) is 30.3 Å². The van der Waals surface area contributed by atoms with Crippen molar-refractivity contribution >= 4 is 0 Å². The molecule has 38 heavy (non-hydrogen) atoms. The van der Waals surface area contributed by atoms with E-state index >= 15 is 4.39 Å². The Balaban J connectivity index is 1.42. The van der Waals surface area contributed by atoms with E-state index in [0.29, 0.717) is 29.8 Å². The van der Waals surface area contributed by atoms with Crippen molar-refractivity contribution in [2.75, 3.05) is 13.1 Å². The minimum Gasteiger partial charge on any atom is -0.423 e. The number of benzene rings is 3. The van der Waals surface area contributed by atoms with Crippen LogP contribution in [0.25, 0.3) is 11.5 Å². The third kappa shape index (κ3) is 4.79. The number of nitriles is 2.